The number of phenolic OH excluding ortho intramolecular Hbond substituents is 1. The molecule has 0 unspecified atom stereocenters. The minimum absolute atomic E-state index is 0.0129. The van der Waals surface area contributed by atoms with E-state index in [0.29, 0.717) is 15.6 Å². The van der Waals surface area contributed by atoms with Gasteiger partial charge in [0.25, 0.3) is 5.91 Å². The van der Waals surface area contributed by atoms with Gasteiger partial charge in [0.2, 0.25) is 10.0 Å². The summed E-state index contributed by atoms with van der Waals surface area (Å²) in [7, 11) is -4.18. The van der Waals surface area contributed by atoms with Gasteiger partial charge in [-0.1, -0.05) is 69.5 Å². The number of hydrogen-bond acceptors (Lipinski definition) is 5. The molecule has 0 heterocycles. The van der Waals surface area contributed by atoms with Crippen molar-refractivity contribution in [2.75, 3.05) is 6.54 Å². The molecule has 0 saturated heterocycles. The van der Waals surface area contributed by atoms with Gasteiger partial charge in [-0.2, -0.15) is 9.41 Å². The first-order valence-electron chi connectivity index (χ1n) is 9.46. The molecule has 33 heavy (non-hydrogen) atoms. The maximum atomic E-state index is 13.3. The van der Waals surface area contributed by atoms with E-state index in [1.807, 2.05) is 0 Å². The zero-order valence-corrected chi connectivity index (χ0v) is 20.9. The number of hydrogen-bond donors (Lipinski definition) is 2. The number of sulfonamides is 1. The molecule has 0 radical (unpaired) electrons. The number of nitrogens with one attached hydrogen (secondary N) is 1. The summed E-state index contributed by atoms with van der Waals surface area (Å²) in [5, 5.41) is 13.9. The van der Waals surface area contributed by atoms with Gasteiger partial charge >= 0.3 is 0 Å². The van der Waals surface area contributed by atoms with Crippen molar-refractivity contribution >= 4 is 61.3 Å². The standard InChI is InChI=1S/C22H18BrCl2N3O4S/c23-17-6-9-20(29)16(10-17)12-26-27-22(30)14-28(13-15-4-2-1-3-5-15)33(31,32)21-11-18(24)7-8-19(21)25/h1-12,29H,13-14H2,(H,27,30)/b26-12-. The van der Waals surface area contributed by atoms with Gasteiger partial charge in [-0.05, 0) is 42.0 Å². The third kappa shape index (κ3) is 6.78. The predicted molar refractivity (Wildman–Crippen MR) is 132 cm³/mol. The molecule has 0 bridgehead atoms. The van der Waals surface area contributed by atoms with E-state index < -0.39 is 22.5 Å². The first-order chi connectivity index (χ1) is 15.7. The van der Waals surface area contributed by atoms with Crippen molar-refractivity contribution in [3.63, 3.8) is 0 Å². The van der Waals surface area contributed by atoms with E-state index in [-0.39, 0.29) is 27.2 Å². The Morgan fingerprint density at radius 1 is 1.09 bits per heavy atom. The van der Waals surface area contributed by atoms with Crippen LogP contribution < -0.4 is 5.43 Å². The van der Waals surface area contributed by atoms with Gasteiger partial charge in [0.05, 0.1) is 17.8 Å². The third-order valence-corrected chi connectivity index (χ3v) is 7.42. The SMILES string of the molecule is O=C(CN(Cc1ccccc1)S(=O)(=O)c1cc(Cl)ccc1Cl)N/N=C\c1cc(Br)ccc1O. The van der Waals surface area contributed by atoms with Crippen molar-refractivity contribution in [2.45, 2.75) is 11.4 Å². The van der Waals surface area contributed by atoms with Crippen LogP contribution in [0.5, 0.6) is 5.75 Å². The van der Waals surface area contributed by atoms with Gasteiger partial charge in [0.15, 0.2) is 0 Å². The fourth-order valence-corrected chi connectivity index (χ4v) is 5.33. The molecule has 3 aromatic carbocycles. The molecule has 0 aliphatic rings. The Balaban J connectivity index is 1.83. The average molecular weight is 571 g/mol. The maximum absolute atomic E-state index is 13.3. The molecule has 0 aromatic heterocycles. The maximum Gasteiger partial charge on any atom is 0.255 e. The van der Waals surface area contributed by atoms with E-state index in [2.05, 4.69) is 26.5 Å². The number of carbonyl (C=O) groups is 1. The molecule has 0 aliphatic carbocycles. The van der Waals surface area contributed by atoms with Crippen LogP contribution in [0.25, 0.3) is 0 Å². The largest absolute Gasteiger partial charge is 0.507 e. The van der Waals surface area contributed by atoms with Crippen LogP contribution >= 0.6 is 39.1 Å². The molecular formula is C22H18BrCl2N3O4S. The van der Waals surface area contributed by atoms with E-state index in [1.165, 1.54) is 30.5 Å². The van der Waals surface area contributed by atoms with Crippen LogP contribution in [-0.4, -0.2) is 36.5 Å². The second-order valence-corrected chi connectivity index (χ2v) is 10.5. The molecular weight excluding hydrogens is 553 g/mol. The smallest absolute Gasteiger partial charge is 0.255 e. The van der Waals surface area contributed by atoms with Crippen molar-refractivity contribution in [3.8, 4) is 5.75 Å². The number of carbonyl (C=O) groups excluding carboxylic acids is 1. The van der Waals surface area contributed by atoms with Gasteiger partial charge in [-0.3, -0.25) is 4.79 Å². The monoisotopic (exact) mass is 569 g/mol. The highest BCUT2D eigenvalue weighted by Gasteiger charge is 2.29. The number of amides is 1. The fraction of sp³-hybridized carbons (Fsp3) is 0.0909. The highest BCUT2D eigenvalue weighted by Crippen LogP contribution is 2.28. The molecule has 3 rings (SSSR count). The lowest BCUT2D eigenvalue weighted by atomic mass is 10.2. The topological polar surface area (TPSA) is 99.1 Å². The summed E-state index contributed by atoms with van der Waals surface area (Å²) in [5.74, 6) is -0.710. The van der Waals surface area contributed by atoms with Gasteiger partial charge in [-0.25, -0.2) is 13.8 Å². The second kappa shape index (κ2) is 11.1. The van der Waals surface area contributed by atoms with Crippen LogP contribution in [0.4, 0.5) is 0 Å². The summed E-state index contributed by atoms with van der Waals surface area (Å²) in [4.78, 5) is 12.3. The van der Waals surface area contributed by atoms with Gasteiger partial charge in [0, 0.05) is 21.6 Å². The Hall–Kier alpha value is -2.43. The zero-order valence-electron chi connectivity index (χ0n) is 17.0. The minimum Gasteiger partial charge on any atom is -0.507 e. The molecule has 3 aromatic rings. The van der Waals surface area contributed by atoms with Gasteiger partial charge in [0.1, 0.15) is 10.6 Å². The Labute approximate surface area is 209 Å². The van der Waals surface area contributed by atoms with Crippen molar-refractivity contribution in [2.24, 2.45) is 5.10 Å². The summed E-state index contributed by atoms with van der Waals surface area (Å²) in [6.07, 6.45) is 1.25. The molecule has 172 valence electrons. The van der Waals surface area contributed by atoms with E-state index in [4.69, 9.17) is 23.2 Å². The van der Waals surface area contributed by atoms with E-state index in [9.17, 15) is 18.3 Å². The number of halogens is 3. The molecule has 0 saturated carbocycles. The number of hydrazone groups is 1. The van der Waals surface area contributed by atoms with Crippen LogP contribution in [0.3, 0.4) is 0 Å². The lowest BCUT2D eigenvalue weighted by Crippen LogP contribution is -2.39. The van der Waals surface area contributed by atoms with Crippen LogP contribution in [-0.2, 0) is 21.4 Å². The number of nitrogens with zero attached hydrogens (tertiary/aromatic N) is 2. The number of phenols is 1. The molecule has 11 heteroatoms. The van der Waals surface area contributed by atoms with E-state index >= 15 is 0 Å². The lowest BCUT2D eigenvalue weighted by molar-refractivity contribution is -0.121. The number of benzene rings is 3. The summed E-state index contributed by atoms with van der Waals surface area (Å²) in [6, 6.07) is 17.6. The Morgan fingerprint density at radius 2 is 1.82 bits per heavy atom. The number of rotatable bonds is 8. The van der Waals surface area contributed by atoms with Crippen molar-refractivity contribution in [1.29, 1.82) is 0 Å². The first-order valence-corrected chi connectivity index (χ1v) is 12.5. The normalized spacial score (nSPS) is 11.8. The summed E-state index contributed by atoms with van der Waals surface area (Å²) < 4.78 is 28.4. The van der Waals surface area contributed by atoms with Gasteiger partial charge < -0.3 is 5.11 Å². The Morgan fingerprint density at radius 3 is 2.55 bits per heavy atom. The lowest BCUT2D eigenvalue weighted by Gasteiger charge is -2.22. The summed E-state index contributed by atoms with van der Waals surface area (Å²) in [6.45, 7) is -0.600. The predicted octanol–water partition coefficient (Wildman–Crippen LogP) is 4.80. The van der Waals surface area contributed by atoms with Crippen molar-refractivity contribution in [1.82, 2.24) is 9.73 Å². The van der Waals surface area contributed by atoms with E-state index in [1.54, 1.807) is 42.5 Å². The van der Waals surface area contributed by atoms with Gasteiger partial charge in [-0.15, -0.1) is 0 Å². The molecule has 2 N–H and O–H groups in total. The zero-order chi connectivity index (χ0) is 24.0. The summed E-state index contributed by atoms with van der Waals surface area (Å²) >= 11 is 15.4. The highest BCUT2D eigenvalue weighted by molar-refractivity contribution is 9.10. The molecule has 0 atom stereocenters. The minimum atomic E-state index is -4.18. The third-order valence-electron chi connectivity index (χ3n) is 4.42. The second-order valence-electron chi connectivity index (χ2n) is 6.83. The van der Waals surface area contributed by atoms with Crippen LogP contribution in [0.15, 0.2) is 81.2 Å². The van der Waals surface area contributed by atoms with E-state index in [0.717, 1.165) is 4.31 Å². The quantitative estimate of drug-likeness (QED) is 0.300. The van der Waals surface area contributed by atoms with Crippen LogP contribution in [0.2, 0.25) is 10.0 Å². The molecule has 1 amide bonds. The highest BCUT2D eigenvalue weighted by atomic mass is 79.9. The molecule has 7 nitrogen and oxygen atoms in total. The molecule has 0 spiro atoms. The Kier molecular flexibility index (Phi) is 8.50. The molecule has 0 fully saturated rings. The van der Waals surface area contributed by atoms with Crippen molar-refractivity contribution < 1.29 is 18.3 Å². The average Bonchev–Trinajstić information content (AvgIpc) is 2.78. The Bertz CT molecular complexity index is 1290. The van der Waals surface area contributed by atoms with Crippen LogP contribution in [0, 0.1) is 0 Å². The first kappa shape index (κ1) is 25.2. The fourth-order valence-electron chi connectivity index (χ4n) is 2.82. The number of aromatic hydroxyl groups is 1. The molecule has 0 aliphatic heterocycles. The van der Waals surface area contributed by atoms with Crippen LogP contribution in [0.1, 0.15) is 11.1 Å². The van der Waals surface area contributed by atoms with Crippen molar-refractivity contribution in [3.05, 3.63) is 92.4 Å². The summed E-state index contributed by atoms with van der Waals surface area (Å²) in [5.41, 5.74) is 3.32.